The Balaban J connectivity index is 2.14. The first-order valence-electron chi connectivity index (χ1n) is 5.51. The van der Waals surface area contributed by atoms with Crippen molar-refractivity contribution in [2.75, 3.05) is 13.1 Å². The fourth-order valence-electron chi connectivity index (χ4n) is 2.63. The topological polar surface area (TPSA) is 29.1 Å². The van der Waals surface area contributed by atoms with Crippen LogP contribution in [-0.2, 0) is 4.79 Å². The summed E-state index contributed by atoms with van der Waals surface area (Å²) in [6.07, 6.45) is 4.93. The lowest BCUT2D eigenvalue weighted by molar-refractivity contribution is -0.117. The van der Waals surface area contributed by atoms with Gasteiger partial charge in [0.15, 0.2) is 5.78 Å². The number of nitrogens with one attached hydrogen (secondary N) is 1. The van der Waals surface area contributed by atoms with Crippen LogP contribution in [0.4, 0.5) is 0 Å². The van der Waals surface area contributed by atoms with E-state index in [4.69, 9.17) is 0 Å². The number of carbonyl (C=O) groups is 1. The van der Waals surface area contributed by atoms with Crippen LogP contribution in [0.2, 0.25) is 0 Å². The fourth-order valence-corrected chi connectivity index (χ4v) is 2.63. The van der Waals surface area contributed by atoms with Crippen molar-refractivity contribution in [3.05, 3.63) is 11.6 Å². The summed E-state index contributed by atoms with van der Waals surface area (Å²) in [5, 5.41) is 3.36. The monoisotopic (exact) mass is 193 g/mol. The molecule has 2 nitrogen and oxygen atoms in total. The van der Waals surface area contributed by atoms with Crippen molar-refractivity contribution in [2.24, 2.45) is 11.3 Å². The number of ketones is 1. The molecule has 1 heterocycles. The summed E-state index contributed by atoms with van der Waals surface area (Å²) in [5.74, 6) is 0.946. The maximum atomic E-state index is 11.5. The Bertz CT molecular complexity index is 272. The number of allylic oxidation sites excluding steroid dienone is 1. The first-order valence-corrected chi connectivity index (χ1v) is 5.51. The molecule has 1 atom stereocenters. The first-order chi connectivity index (χ1) is 6.57. The van der Waals surface area contributed by atoms with E-state index in [9.17, 15) is 4.79 Å². The molecule has 78 valence electrons. The number of rotatable bonds is 1. The predicted molar refractivity (Wildman–Crippen MR) is 57.1 cm³/mol. The van der Waals surface area contributed by atoms with E-state index in [2.05, 4.69) is 19.2 Å². The van der Waals surface area contributed by atoms with Crippen LogP contribution in [0.1, 0.15) is 33.1 Å². The summed E-state index contributed by atoms with van der Waals surface area (Å²) < 4.78 is 0. The van der Waals surface area contributed by atoms with Gasteiger partial charge in [0.1, 0.15) is 0 Å². The second kappa shape index (κ2) is 3.50. The van der Waals surface area contributed by atoms with Gasteiger partial charge in [0.2, 0.25) is 0 Å². The molecule has 1 unspecified atom stereocenters. The SMILES string of the molecule is CC1(C)CC(=O)C=C(C2CCNC2)C1. The lowest BCUT2D eigenvalue weighted by Crippen LogP contribution is -2.25. The van der Waals surface area contributed by atoms with Crippen LogP contribution < -0.4 is 5.32 Å². The van der Waals surface area contributed by atoms with Gasteiger partial charge < -0.3 is 5.32 Å². The van der Waals surface area contributed by atoms with E-state index in [0.717, 1.165) is 25.9 Å². The van der Waals surface area contributed by atoms with Crippen LogP contribution in [-0.4, -0.2) is 18.9 Å². The molecule has 2 heteroatoms. The highest BCUT2D eigenvalue weighted by Crippen LogP contribution is 2.37. The third kappa shape index (κ3) is 2.06. The highest BCUT2D eigenvalue weighted by atomic mass is 16.1. The molecule has 1 saturated heterocycles. The maximum Gasteiger partial charge on any atom is 0.156 e. The van der Waals surface area contributed by atoms with E-state index in [1.165, 1.54) is 12.0 Å². The molecule has 0 saturated carbocycles. The van der Waals surface area contributed by atoms with Crippen LogP contribution in [0.25, 0.3) is 0 Å². The van der Waals surface area contributed by atoms with Crippen LogP contribution in [0.3, 0.4) is 0 Å². The van der Waals surface area contributed by atoms with Crippen molar-refractivity contribution in [2.45, 2.75) is 33.1 Å². The maximum absolute atomic E-state index is 11.5. The summed E-state index contributed by atoms with van der Waals surface area (Å²) in [5.41, 5.74) is 1.57. The summed E-state index contributed by atoms with van der Waals surface area (Å²) in [4.78, 5) is 11.5. The van der Waals surface area contributed by atoms with E-state index < -0.39 is 0 Å². The Morgan fingerprint density at radius 2 is 2.21 bits per heavy atom. The Hall–Kier alpha value is -0.630. The molecule has 0 bridgehead atoms. The Kier molecular flexibility index (Phi) is 2.48. The lowest BCUT2D eigenvalue weighted by atomic mass is 9.73. The summed E-state index contributed by atoms with van der Waals surface area (Å²) in [6, 6.07) is 0. The minimum absolute atomic E-state index is 0.184. The largest absolute Gasteiger partial charge is 0.316 e. The van der Waals surface area contributed by atoms with E-state index in [1.807, 2.05) is 6.08 Å². The molecule has 0 aromatic heterocycles. The molecule has 2 rings (SSSR count). The van der Waals surface area contributed by atoms with Crippen molar-refractivity contribution in [1.29, 1.82) is 0 Å². The zero-order valence-electron chi connectivity index (χ0n) is 9.10. The van der Waals surface area contributed by atoms with Gasteiger partial charge in [0.25, 0.3) is 0 Å². The quantitative estimate of drug-likeness (QED) is 0.689. The third-order valence-electron chi connectivity index (χ3n) is 3.27. The van der Waals surface area contributed by atoms with E-state index in [1.54, 1.807) is 0 Å². The van der Waals surface area contributed by atoms with Gasteiger partial charge in [-0.3, -0.25) is 4.79 Å². The Morgan fingerprint density at radius 3 is 2.79 bits per heavy atom. The highest BCUT2D eigenvalue weighted by molar-refractivity contribution is 5.91. The fraction of sp³-hybridized carbons (Fsp3) is 0.750. The normalized spacial score (nSPS) is 31.7. The standard InChI is InChI=1S/C12H19NO/c1-12(2)6-10(5-11(14)7-12)9-3-4-13-8-9/h5,9,13H,3-4,6-8H2,1-2H3. The molecule has 0 amide bonds. The molecule has 0 radical (unpaired) electrons. The second-order valence-electron chi connectivity index (χ2n) is 5.39. The number of hydrogen-bond donors (Lipinski definition) is 1. The minimum atomic E-state index is 0.184. The summed E-state index contributed by atoms with van der Waals surface area (Å²) in [7, 11) is 0. The van der Waals surface area contributed by atoms with E-state index in [0.29, 0.717) is 11.7 Å². The van der Waals surface area contributed by atoms with Gasteiger partial charge in [-0.1, -0.05) is 19.4 Å². The molecular formula is C12H19NO. The lowest BCUT2D eigenvalue weighted by Gasteiger charge is -2.31. The third-order valence-corrected chi connectivity index (χ3v) is 3.27. The summed E-state index contributed by atoms with van der Waals surface area (Å²) in [6.45, 7) is 6.56. The Morgan fingerprint density at radius 1 is 1.43 bits per heavy atom. The molecule has 0 aromatic carbocycles. The second-order valence-corrected chi connectivity index (χ2v) is 5.39. The van der Waals surface area contributed by atoms with Crippen molar-refractivity contribution in [1.82, 2.24) is 5.32 Å². The van der Waals surface area contributed by atoms with Crippen molar-refractivity contribution < 1.29 is 4.79 Å². The molecule has 2 aliphatic rings. The van der Waals surface area contributed by atoms with Crippen LogP contribution >= 0.6 is 0 Å². The first kappa shape index (κ1) is 9.91. The zero-order valence-corrected chi connectivity index (χ0v) is 9.10. The molecule has 0 spiro atoms. The van der Waals surface area contributed by atoms with Gasteiger partial charge in [-0.2, -0.15) is 0 Å². The number of hydrogen-bond acceptors (Lipinski definition) is 2. The average molecular weight is 193 g/mol. The van der Waals surface area contributed by atoms with E-state index >= 15 is 0 Å². The Labute approximate surface area is 85.8 Å². The molecule has 1 aliphatic heterocycles. The molecule has 1 N–H and O–H groups in total. The molecule has 1 fully saturated rings. The average Bonchev–Trinajstić information content (AvgIpc) is 2.51. The molecule has 14 heavy (non-hydrogen) atoms. The van der Waals surface area contributed by atoms with Crippen molar-refractivity contribution in [3.8, 4) is 0 Å². The molecule has 1 aliphatic carbocycles. The van der Waals surface area contributed by atoms with Gasteiger partial charge in [0, 0.05) is 13.0 Å². The molecule has 0 aromatic rings. The summed E-state index contributed by atoms with van der Waals surface area (Å²) >= 11 is 0. The van der Waals surface area contributed by atoms with Gasteiger partial charge in [-0.15, -0.1) is 0 Å². The highest BCUT2D eigenvalue weighted by Gasteiger charge is 2.31. The van der Waals surface area contributed by atoms with Crippen molar-refractivity contribution >= 4 is 5.78 Å². The predicted octanol–water partition coefficient (Wildman–Crippen LogP) is 1.91. The zero-order chi connectivity index (χ0) is 10.2. The minimum Gasteiger partial charge on any atom is -0.316 e. The van der Waals surface area contributed by atoms with Crippen molar-refractivity contribution in [3.63, 3.8) is 0 Å². The van der Waals surface area contributed by atoms with E-state index in [-0.39, 0.29) is 5.41 Å². The van der Waals surface area contributed by atoms with Crippen LogP contribution in [0.5, 0.6) is 0 Å². The van der Waals surface area contributed by atoms with Crippen LogP contribution in [0, 0.1) is 11.3 Å². The smallest absolute Gasteiger partial charge is 0.156 e. The number of carbonyl (C=O) groups excluding carboxylic acids is 1. The van der Waals surface area contributed by atoms with Crippen LogP contribution in [0.15, 0.2) is 11.6 Å². The van der Waals surface area contributed by atoms with Gasteiger partial charge >= 0.3 is 0 Å². The molecular weight excluding hydrogens is 174 g/mol. The van der Waals surface area contributed by atoms with Gasteiger partial charge in [-0.25, -0.2) is 0 Å². The van der Waals surface area contributed by atoms with Gasteiger partial charge in [0.05, 0.1) is 0 Å². The van der Waals surface area contributed by atoms with Gasteiger partial charge in [-0.05, 0) is 36.8 Å².